The normalized spacial score (nSPS) is 12.1. The van der Waals surface area contributed by atoms with Crippen LogP contribution in [0, 0.1) is 5.92 Å². The molecule has 0 aromatic rings. The van der Waals surface area contributed by atoms with Crippen LogP contribution in [0.2, 0.25) is 0 Å². The molecule has 0 aromatic heterocycles. The smallest absolute Gasteiger partial charge is 0.219 e. The van der Waals surface area contributed by atoms with E-state index in [1.165, 1.54) is 5.57 Å². The molecule has 0 saturated heterocycles. The largest absolute Gasteiger partial charge is 0.345 e. The fraction of sp³-hybridized carbons (Fsp3) is 0.727. The van der Waals surface area contributed by atoms with Crippen molar-refractivity contribution in [3.8, 4) is 0 Å². The Labute approximate surface area is 81.6 Å². The van der Waals surface area contributed by atoms with Crippen molar-refractivity contribution in [3.63, 3.8) is 0 Å². The molecule has 0 radical (unpaired) electrons. The van der Waals surface area contributed by atoms with Gasteiger partial charge in [-0.3, -0.25) is 4.79 Å². The van der Waals surface area contributed by atoms with Crippen molar-refractivity contribution in [2.24, 2.45) is 5.92 Å². The van der Waals surface area contributed by atoms with Crippen molar-refractivity contribution in [2.45, 2.75) is 34.1 Å². The Morgan fingerprint density at radius 3 is 2.23 bits per heavy atom. The molecule has 0 heterocycles. The number of carbonyl (C=O) groups is 1. The predicted molar refractivity (Wildman–Crippen MR) is 56.5 cm³/mol. The maximum absolute atomic E-state index is 11.0. The average Bonchev–Trinajstić information content (AvgIpc) is 2.02. The minimum atomic E-state index is 0.139. The van der Waals surface area contributed by atoms with Crippen LogP contribution < -0.4 is 0 Å². The molecule has 0 aliphatic heterocycles. The SMILES string of the molecule is CCC(C=C(C)C)CN(C)C(C)=O. The number of nitrogens with zero attached hydrogens (tertiary/aromatic N) is 1. The van der Waals surface area contributed by atoms with Gasteiger partial charge >= 0.3 is 0 Å². The molecule has 1 unspecified atom stereocenters. The highest BCUT2D eigenvalue weighted by Gasteiger charge is 2.08. The van der Waals surface area contributed by atoms with Crippen molar-refractivity contribution in [1.29, 1.82) is 0 Å². The highest BCUT2D eigenvalue weighted by Crippen LogP contribution is 2.09. The molecule has 2 nitrogen and oxygen atoms in total. The summed E-state index contributed by atoms with van der Waals surface area (Å²) in [6.07, 6.45) is 3.32. The zero-order valence-electron chi connectivity index (χ0n) is 9.42. The Balaban J connectivity index is 4.13. The first-order valence-electron chi connectivity index (χ1n) is 4.84. The Morgan fingerprint density at radius 2 is 1.92 bits per heavy atom. The molecule has 1 amide bonds. The molecule has 0 N–H and O–H groups in total. The maximum atomic E-state index is 11.0. The average molecular weight is 183 g/mol. The minimum absolute atomic E-state index is 0.139. The molecule has 0 fully saturated rings. The summed E-state index contributed by atoms with van der Waals surface area (Å²) in [4.78, 5) is 12.8. The van der Waals surface area contributed by atoms with Gasteiger partial charge in [0.2, 0.25) is 5.91 Å². The molecule has 0 aliphatic rings. The molecule has 0 bridgehead atoms. The van der Waals surface area contributed by atoms with Gasteiger partial charge in [-0.05, 0) is 26.2 Å². The summed E-state index contributed by atoms with van der Waals surface area (Å²) < 4.78 is 0. The molecular formula is C11H21NO. The third-order valence-corrected chi connectivity index (χ3v) is 2.14. The molecule has 0 aliphatic carbocycles. The molecule has 0 saturated carbocycles. The molecule has 76 valence electrons. The van der Waals surface area contributed by atoms with Crippen molar-refractivity contribution >= 4 is 5.91 Å². The van der Waals surface area contributed by atoms with Gasteiger partial charge in [-0.15, -0.1) is 0 Å². The Kier molecular flexibility index (Phi) is 5.44. The van der Waals surface area contributed by atoms with E-state index in [2.05, 4.69) is 26.8 Å². The highest BCUT2D eigenvalue weighted by atomic mass is 16.2. The van der Waals surface area contributed by atoms with Crippen LogP contribution in [0.1, 0.15) is 34.1 Å². The van der Waals surface area contributed by atoms with Gasteiger partial charge in [-0.2, -0.15) is 0 Å². The van der Waals surface area contributed by atoms with Gasteiger partial charge in [0.25, 0.3) is 0 Å². The zero-order valence-corrected chi connectivity index (χ0v) is 9.42. The van der Waals surface area contributed by atoms with Gasteiger partial charge in [0.05, 0.1) is 0 Å². The van der Waals surface area contributed by atoms with Crippen LogP contribution in [0.25, 0.3) is 0 Å². The summed E-state index contributed by atoms with van der Waals surface area (Å²) in [6.45, 7) is 8.77. The summed E-state index contributed by atoms with van der Waals surface area (Å²) in [7, 11) is 1.85. The fourth-order valence-corrected chi connectivity index (χ4v) is 1.25. The van der Waals surface area contributed by atoms with E-state index in [4.69, 9.17) is 0 Å². The van der Waals surface area contributed by atoms with Crippen molar-refractivity contribution < 1.29 is 4.79 Å². The number of carbonyl (C=O) groups excluding carboxylic acids is 1. The predicted octanol–water partition coefficient (Wildman–Crippen LogP) is 2.46. The van der Waals surface area contributed by atoms with E-state index < -0.39 is 0 Å². The van der Waals surface area contributed by atoms with E-state index in [0.29, 0.717) is 5.92 Å². The monoisotopic (exact) mass is 183 g/mol. The first-order chi connectivity index (χ1) is 5.97. The van der Waals surface area contributed by atoms with E-state index in [9.17, 15) is 4.79 Å². The number of hydrogen-bond acceptors (Lipinski definition) is 1. The quantitative estimate of drug-likeness (QED) is 0.613. The Bertz CT molecular complexity index is 192. The van der Waals surface area contributed by atoms with Crippen molar-refractivity contribution in [2.75, 3.05) is 13.6 Å². The number of amides is 1. The molecular weight excluding hydrogens is 162 g/mol. The molecule has 1 atom stereocenters. The lowest BCUT2D eigenvalue weighted by atomic mass is 10.0. The van der Waals surface area contributed by atoms with Crippen LogP contribution in [0.3, 0.4) is 0 Å². The second-order valence-electron chi connectivity index (χ2n) is 3.81. The van der Waals surface area contributed by atoms with E-state index in [-0.39, 0.29) is 5.91 Å². The van der Waals surface area contributed by atoms with Gasteiger partial charge in [0.15, 0.2) is 0 Å². The molecule has 0 spiro atoms. The Morgan fingerprint density at radius 1 is 1.38 bits per heavy atom. The summed E-state index contributed by atoms with van der Waals surface area (Å²) in [5.74, 6) is 0.638. The number of allylic oxidation sites excluding steroid dienone is 1. The topological polar surface area (TPSA) is 20.3 Å². The summed E-state index contributed by atoms with van der Waals surface area (Å²) in [6, 6.07) is 0. The van der Waals surface area contributed by atoms with Crippen molar-refractivity contribution in [3.05, 3.63) is 11.6 Å². The van der Waals surface area contributed by atoms with Gasteiger partial charge in [0, 0.05) is 20.5 Å². The fourth-order valence-electron chi connectivity index (χ4n) is 1.25. The van der Waals surface area contributed by atoms with Gasteiger partial charge in [0.1, 0.15) is 0 Å². The molecule has 0 aromatic carbocycles. The lowest BCUT2D eigenvalue weighted by molar-refractivity contribution is -0.127. The maximum Gasteiger partial charge on any atom is 0.219 e. The van der Waals surface area contributed by atoms with E-state index in [0.717, 1.165) is 13.0 Å². The standard InChI is InChI=1S/C11H21NO/c1-6-11(7-9(2)3)8-12(5)10(4)13/h7,11H,6,8H2,1-5H3. The van der Waals surface area contributed by atoms with Crippen LogP contribution in [-0.4, -0.2) is 24.4 Å². The van der Waals surface area contributed by atoms with Gasteiger partial charge < -0.3 is 4.90 Å². The van der Waals surface area contributed by atoms with E-state index in [1.54, 1.807) is 11.8 Å². The third kappa shape index (κ3) is 5.45. The summed E-state index contributed by atoms with van der Waals surface area (Å²) >= 11 is 0. The highest BCUT2D eigenvalue weighted by molar-refractivity contribution is 5.72. The van der Waals surface area contributed by atoms with E-state index in [1.807, 2.05) is 7.05 Å². The number of hydrogen-bond donors (Lipinski definition) is 0. The molecule has 2 heteroatoms. The van der Waals surface area contributed by atoms with Crippen LogP contribution in [-0.2, 0) is 4.79 Å². The Hall–Kier alpha value is -0.790. The number of rotatable bonds is 4. The summed E-state index contributed by atoms with van der Waals surface area (Å²) in [5, 5.41) is 0. The molecule has 0 rings (SSSR count). The van der Waals surface area contributed by atoms with E-state index >= 15 is 0 Å². The van der Waals surface area contributed by atoms with Crippen LogP contribution >= 0.6 is 0 Å². The summed E-state index contributed by atoms with van der Waals surface area (Å²) in [5.41, 5.74) is 1.32. The lowest BCUT2D eigenvalue weighted by Crippen LogP contribution is -2.29. The second-order valence-corrected chi connectivity index (χ2v) is 3.81. The molecule has 13 heavy (non-hydrogen) atoms. The van der Waals surface area contributed by atoms with Crippen LogP contribution in [0.15, 0.2) is 11.6 Å². The lowest BCUT2D eigenvalue weighted by Gasteiger charge is -2.20. The minimum Gasteiger partial charge on any atom is -0.345 e. The first-order valence-corrected chi connectivity index (χ1v) is 4.84. The zero-order chi connectivity index (χ0) is 10.4. The second kappa shape index (κ2) is 5.79. The van der Waals surface area contributed by atoms with Crippen molar-refractivity contribution in [1.82, 2.24) is 4.90 Å². The van der Waals surface area contributed by atoms with Gasteiger partial charge in [-0.1, -0.05) is 18.6 Å². The first kappa shape index (κ1) is 12.2. The third-order valence-electron chi connectivity index (χ3n) is 2.14. The van der Waals surface area contributed by atoms with Crippen LogP contribution in [0.4, 0.5) is 0 Å². The van der Waals surface area contributed by atoms with Gasteiger partial charge in [-0.25, -0.2) is 0 Å². The van der Waals surface area contributed by atoms with Crippen LogP contribution in [0.5, 0.6) is 0 Å².